The Labute approximate surface area is 195 Å². The lowest BCUT2D eigenvalue weighted by molar-refractivity contribution is -0.160. The van der Waals surface area contributed by atoms with Crippen LogP contribution in [0.15, 0.2) is 24.3 Å². The Morgan fingerprint density at radius 2 is 1.64 bits per heavy atom. The van der Waals surface area contributed by atoms with Crippen molar-refractivity contribution in [2.24, 2.45) is 0 Å². The SMILES string of the molecule is Cc1ccc(-c2c(C)c3c(c(C)c2[C@H](OC(C)(C)C)C(=O)O)NC(=O)C2(CCCC2)N3)cc1. The summed E-state index contributed by atoms with van der Waals surface area (Å²) in [6, 6.07) is 8.11. The predicted molar refractivity (Wildman–Crippen MR) is 131 cm³/mol. The number of fused-ring (bicyclic) bond motifs is 1. The third-order valence-electron chi connectivity index (χ3n) is 6.84. The third-order valence-corrected chi connectivity index (χ3v) is 6.84. The normalized spacial score (nSPS) is 17.9. The highest BCUT2D eigenvalue weighted by Gasteiger charge is 2.46. The number of aliphatic carboxylic acids is 1. The molecule has 0 bridgehead atoms. The summed E-state index contributed by atoms with van der Waals surface area (Å²) < 4.78 is 6.09. The molecule has 1 fully saturated rings. The van der Waals surface area contributed by atoms with E-state index in [0.717, 1.165) is 59.2 Å². The molecule has 1 saturated carbocycles. The van der Waals surface area contributed by atoms with Crippen LogP contribution in [0.5, 0.6) is 0 Å². The molecule has 2 aromatic carbocycles. The summed E-state index contributed by atoms with van der Waals surface area (Å²) in [5.41, 5.74) is 5.41. The molecule has 2 aliphatic rings. The summed E-state index contributed by atoms with van der Waals surface area (Å²) in [7, 11) is 0. The van der Waals surface area contributed by atoms with E-state index in [4.69, 9.17) is 4.74 Å². The monoisotopic (exact) mass is 450 g/mol. The Morgan fingerprint density at radius 1 is 1.03 bits per heavy atom. The van der Waals surface area contributed by atoms with Gasteiger partial charge in [-0.25, -0.2) is 4.79 Å². The van der Waals surface area contributed by atoms with E-state index in [1.165, 1.54) is 0 Å². The fraction of sp³-hybridized carbons (Fsp3) is 0.481. The molecule has 1 heterocycles. The van der Waals surface area contributed by atoms with Crippen molar-refractivity contribution in [3.05, 3.63) is 46.5 Å². The first kappa shape index (κ1) is 23.3. The molecular weight excluding hydrogens is 416 g/mol. The highest BCUT2D eigenvalue weighted by atomic mass is 16.5. The van der Waals surface area contributed by atoms with Crippen LogP contribution in [-0.4, -0.2) is 28.1 Å². The van der Waals surface area contributed by atoms with Crippen LogP contribution in [0.3, 0.4) is 0 Å². The molecule has 0 saturated heterocycles. The molecule has 1 atom stereocenters. The van der Waals surface area contributed by atoms with Gasteiger partial charge in [-0.2, -0.15) is 0 Å². The van der Waals surface area contributed by atoms with Gasteiger partial charge in [0.2, 0.25) is 5.91 Å². The van der Waals surface area contributed by atoms with Crippen molar-refractivity contribution < 1.29 is 19.4 Å². The highest BCUT2D eigenvalue weighted by molar-refractivity contribution is 6.09. The standard InChI is InChI=1S/C27H34N2O4/c1-15-9-11-18(12-10-15)19-16(2)22-21(28-25(32)27(29-22)13-7-8-14-27)17(3)20(19)23(24(30)31)33-26(4,5)6/h9-12,23,29H,7-8,13-14H2,1-6H3,(H,28,32)(H,30,31)/t23-/m0/s1. The van der Waals surface area contributed by atoms with Gasteiger partial charge in [-0.3, -0.25) is 4.79 Å². The zero-order chi connectivity index (χ0) is 24.1. The number of benzene rings is 2. The predicted octanol–water partition coefficient (Wildman–Crippen LogP) is 5.90. The highest BCUT2D eigenvalue weighted by Crippen LogP contribution is 2.49. The lowest BCUT2D eigenvalue weighted by atomic mass is 9.83. The first-order chi connectivity index (χ1) is 15.4. The van der Waals surface area contributed by atoms with Crippen LogP contribution in [0.4, 0.5) is 11.4 Å². The molecule has 1 aliphatic heterocycles. The third kappa shape index (κ3) is 4.12. The quantitative estimate of drug-likeness (QED) is 0.540. The van der Waals surface area contributed by atoms with Crippen molar-refractivity contribution in [3.8, 4) is 11.1 Å². The molecule has 6 heteroatoms. The van der Waals surface area contributed by atoms with Gasteiger partial charge < -0.3 is 20.5 Å². The molecule has 0 radical (unpaired) electrons. The fourth-order valence-corrected chi connectivity index (χ4v) is 5.20. The number of hydrogen-bond acceptors (Lipinski definition) is 4. The second-order valence-electron chi connectivity index (χ2n) is 10.5. The Bertz CT molecular complexity index is 1110. The Kier molecular flexibility index (Phi) is 5.77. The molecule has 2 aromatic rings. The minimum Gasteiger partial charge on any atom is -0.479 e. The van der Waals surface area contributed by atoms with Gasteiger partial charge in [0.1, 0.15) is 5.54 Å². The Morgan fingerprint density at radius 3 is 2.18 bits per heavy atom. The molecule has 3 N–H and O–H groups in total. The molecule has 0 unspecified atom stereocenters. The molecule has 6 nitrogen and oxygen atoms in total. The van der Waals surface area contributed by atoms with Gasteiger partial charge in [0, 0.05) is 5.56 Å². The summed E-state index contributed by atoms with van der Waals surface area (Å²) in [5.74, 6) is -1.09. The van der Waals surface area contributed by atoms with E-state index in [1.807, 2.05) is 65.8 Å². The van der Waals surface area contributed by atoms with Gasteiger partial charge >= 0.3 is 5.97 Å². The van der Waals surface area contributed by atoms with Crippen molar-refractivity contribution in [2.45, 2.75) is 84.5 Å². The smallest absolute Gasteiger partial charge is 0.337 e. The van der Waals surface area contributed by atoms with Crippen LogP contribution < -0.4 is 10.6 Å². The van der Waals surface area contributed by atoms with Crippen LogP contribution in [-0.2, 0) is 14.3 Å². The average molecular weight is 451 g/mol. The summed E-state index contributed by atoms with van der Waals surface area (Å²) >= 11 is 0. The van der Waals surface area contributed by atoms with Crippen LogP contribution in [0.1, 0.15) is 74.8 Å². The van der Waals surface area contributed by atoms with Crippen molar-refractivity contribution in [3.63, 3.8) is 0 Å². The van der Waals surface area contributed by atoms with Crippen molar-refractivity contribution in [1.82, 2.24) is 0 Å². The molecule has 1 aliphatic carbocycles. The van der Waals surface area contributed by atoms with E-state index in [9.17, 15) is 14.7 Å². The minimum atomic E-state index is -1.18. The first-order valence-electron chi connectivity index (χ1n) is 11.7. The molecule has 0 aromatic heterocycles. The number of ether oxygens (including phenoxy) is 1. The van der Waals surface area contributed by atoms with Gasteiger partial charge in [-0.1, -0.05) is 42.7 Å². The Hall–Kier alpha value is -2.86. The van der Waals surface area contributed by atoms with E-state index in [0.29, 0.717) is 11.3 Å². The van der Waals surface area contributed by atoms with Crippen LogP contribution in [0, 0.1) is 20.8 Å². The topological polar surface area (TPSA) is 87.7 Å². The summed E-state index contributed by atoms with van der Waals surface area (Å²) in [4.78, 5) is 25.6. The van der Waals surface area contributed by atoms with E-state index in [1.54, 1.807) is 0 Å². The van der Waals surface area contributed by atoms with Gasteiger partial charge in [0.05, 0.1) is 17.0 Å². The van der Waals surface area contributed by atoms with Gasteiger partial charge in [-0.15, -0.1) is 0 Å². The van der Waals surface area contributed by atoms with E-state index >= 15 is 0 Å². The number of nitrogens with one attached hydrogen (secondary N) is 2. The molecule has 4 rings (SSSR count). The molecule has 33 heavy (non-hydrogen) atoms. The van der Waals surface area contributed by atoms with Crippen molar-refractivity contribution >= 4 is 23.3 Å². The van der Waals surface area contributed by atoms with Crippen molar-refractivity contribution in [2.75, 3.05) is 10.6 Å². The average Bonchev–Trinajstić information content (AvgIpc) is 3.20. The summed E-state index contributed by atoms with van der Waals surface area (Å²) in [5, 5.41) is 16.9. The number of hydrogen-bond donors (Lipinski definition) is 3. The minimum absolute atomic E-state index is 0.0346. The number of rotatable bonds is 4. The maximum Gasteiger partial charge on any atom is 0.337 e. The second kappa shape index (κ2) is 8.17. The zero-order valence-corrected chi connectivity index (χ0v) is 20.4. The lowest BCUT2D eigenvalue weighted by Gasteiger charge is -2.39. The fourth-order valence-electron chi connectivity index (χ4n) is 5.20. The Balaban J connectivity index is 2.00. The van der Waals surface area contributed by atoms with Crippen LogP contribution >= 0.6 is 0 Å². The number of anilines is 2. The molecule has 1 spiro atoms. The van der Waals surface area contributed by atoms with E-state index < -0.39 is 23.2 Å². The van der Waals surface area contributed by atoms with Crippen LogP contribution in [0.25, 0.3) is 11.1 Å². The van der Waals surface area contributed by atoms with Crippen LogP contribution in [0.2, 0.25) is 0 Å². The number of carbonyl (C=O) groups is 2. The molecule has 176 valence electrons. The van der Waals surface area contributed by atoms with Gasteiger partial charge in [0.15, 0.2) is 6.10 Å². The van der Waals surface area contributed by atoms with Gasteiger partial charge in [0.25, 0.3) is 0 Å². The van der Waals surface area contributed by atoms with E-state index in [2.05, 4.69) is 10.6 Å². The van der Waals surface area contributed by atoms with Gasteiger partial charge in [-0.05, 0) is 76.6 Å². The largest absolute Gasteiger partial charge is 0.479 e. The zero-order valence-electron chi connectivity index (χ0n) is 20.4. The molecule has 1 amide bonds. The number of carboxylic acid groups (broad SMARTS) is 1. The lowest BCUT2D eigenvalue weighted by Crippen LogP contribution is -2.51. The maximum atomic E-state index is 13.2. The maximum absolute atomic E-state index is 13.2. The second-order valence-corrected chi connectivity index (χ2v) is 10.5. The first-order valence-corrected chi connectivity index (χ1v) is 11.7. The molecular formula is C27H34N2O4. The summed E-state index contributed by atoms with van der Waals surface area (Å²) in [6.07, 6.45) is 2.44. The number of amides is 1. The summed E-state index contributed by atoms with van der Waals surface area (Å²) in [6.45, 7) is 11.5. The number of carbonyl (C=O) groups excluding carboxylic acids is 1. The number of aryl methyl sites for hydroxylation is 1. The number of carboxylic acids is 1. The van der Waals surface area contributed by atoms with E-state index in [-0.39, 0.29) is 5.91 Å². The van der Waals surface area contributed by atoms with Crippen molar-refractivity contribution in [1.29, 1.82) is 0 Å².